The van der Waals surface area contributed by atoms with E-state index >= 15 is 4.39 Å². The molecular weight excluding hydrogens is 445 g/mol. The molecule has 178 valence electrons. The van der Waals surface area contributed by atoms with Gasteiger partial charge >= 0.3 is 0 Å². The molecule has 3 heterocycles. The first-order chi connectivity index (χ1) is 16.4. The van der Waals surface area contributed by atoms with Crippen molar-refractivity contribution in [1.29, 1.82) is 0 Å². The maximum absolute atomic E-state index is 15.0. The van der Waals surface area contributed by atoms with Crippen molar-refractivity contribution in [2.45, 2.75) is 12.1 Å². The first kappa shape index (κ1) is 23.2. The summed E-state index contributed by atoms with van der Waals surface area (Å²) in [5.74, 6) is -0.407. The highest BCUT2D eigenvalue weighted by Crippen LogP contribution is 2.33. The second-order valence-electron chi connectivity index (χ2n) is 7.69. The minimum Gasteiger partial charge on any atom is -0.497 e. The minimum absolute atomic E-state index is 0.0378. The summed E-state index contributed by atoms with van der Waals surface area (Å²) in [4.78, 5) is 33.6. The largest absolute Gasteiger partial charge is 0.497 e. The number of halogens is 1. The zero-order valence-electron chi connectivity index (χ0n) is 18.9. The van der Waals surface area contributed by atoms with Crippen molar-refractivity contribution in [1.82, 2.24) is 19.9 Å². The molecule has 1 saturated heterocycles. The topological polar surface area (TPSA) is 117 Å². The Morgan fingerprint density at radius 2 is 2.00 bits per heavy atom. The molecule has 3 aromatic rings. The first-order valence-corrected chi connectivity index (χ1v) is 10.4. The zero-order chi connectivity index (χ0) is 24.4. The Hall–Kier alpha value is -3.99. The lowest BCUT2D eigenvalue weighted by Gasteiger charge is -2.20. The molecule has 0 unspecified atom stereocenters. The van der Waals surface area contributed by atoms with E-state index in [1.807, 2.05) is 0 Å². The van der Waals surface area contributed by atoms with Crippen LogP contribution in [-0.4, -0.2) is 60.0 Å². The summed E-state index contributed by atoms with van der Waals surface area (Å²) in [5, 5.41) is 6.47. The van der Waals surface area contributed by atoms with Crippen LogP contribution in [0.5, 0.6) is 11.5 Å². The lowest BCUT2D eigenvalue weighted by molar-refractivity contribution is -0.117. The van der Waals surface area contributed by atoms with E-state index in [0.717, 1.165) is 0 Å². The Morgan fingerprint density at radius 3 is 2.71 bits per heavy atom. The SMILES string of the molecule is C=CC(=O)N[C@H]1COC[C@H]1Nc1ncc2cc(-c3cc(OC)cc(OC)c3F)c(=O)n(C)c2n1. The maximum Gasteiger partial charge on any atom is 0.259 e. The second kappa shape index (κ2) is 9.48. The monoisotopic (exact) mass is 469 g/mol. The van der Waals surface area contributed by atoms with E-state index in [2.05, 4.69) is 27.2 Å². The first-order valence-electron chi connectivity index (χ1n) is 10.4. The number of hydrogen-bond acceptors (Lipinski definition) is 8. The lowest BCUT2D eigenvalue weighted by Crippen LogP contribution is -2.45. The van der Waals surface area contributed by atoms with Crippen LogP contribution >= 0.6 is 0 Å². The molecule has 0 bridgehead atoms. The summed E-state index contributed by atoms with van der Waals surface area (Å²) in [6, 6.07) is 3.82. The van der Waals surface area contributed by atoms with Crippen molar-refractivity contribution < 1.29 is 23.4 Å². The van der Waals surface area contributed by atoms with E-state index in [4.69, 9.17) is 14.2 Å². The van der Waals surface area contributed by atoms with Crippen molar-refractivity contribution in [2.75, 3.05) is 32.8 Å². The summed E-state index contributed by atoms with van der Waals surface area (Å²) >= 11 is 0. The van der Waals surface area contributed by atoms with Crippen LogP contribution in [0, 0.1) is 5.82 Å². The highest BCUT2D eigenvalue weighted by atomic mass is 19.1. The Kier molecular flexibility index (Phi) is 6.46. The van der Waals surface area contributed by atoms with Gasteiger partial charge in [-0.25, -0.2) is 9.37 Å². The summed E-state index contributed by atoms with van der Waals surface area (Å²) in [6.45, 7) is 4.13. The second-order valence-corrected chi connectivity index (χ2v) is 7.69. The van der Waals surface area contributed by atoms with Crippen LogP contribution in [0.25, 0.3) is 22.2 Å². The highest BCUT2D eigenvalue weighted by molar-refractivity contribution is 5.87. The third kappa shape index (κ3) is 4.29. The standard InChI is InChI=1S/C23H24FN5O5/c1-5-19(30)26-16-10-34-11-17(16)27-23-25-9-12-6-15(22(31)29(2)21(12)28-23)14-7-13(32-3)8-18(33-4)20(14)24/h5-9,16-17H,1,10-11H2,2-4H3,(H,26,30)(H,25,27,28)/t16-,17+/m0/s1. The maximum atomic E-state index is 15.0. The van der Waals surface area contributed by atoms with Gasteiger partial charge in [0, 0.05) is 30.3 Å². The molecule has 0 saturated carbocycles. The van der Waals surface area contributed by atoms with Gasteiger partial charge in [-0.2, -0.15) is 4.98 Å². The van der Waals surface area contributed by atoms with Gasteiger partial charge in [-0.15, -0.1) is 0 Å². The molecule has 1 aliphatic rings. The Bertz CT molecular complexity index is 1330. The van der Waals surface area contributed by atoms with Crippen LogP contribution in [0.15, 0.2) is 41.8 Å². The molecular formula is C23H24FN5O5. The van der Waals surface area contributed by atoms with Crippen molar-refractivity contribution in [2.24, 2.45) is 7.05 Å². The third-order valence-corrected chi connectivity index (χ3v) is 5.62. The number of pyridine rings is 1. The molecule has 10 nitrogen and oxygen atoms in total. The van der Waals surface area contributed by atoms with Gasteiger partial charge in [-0.05, 0) is 18.2 Å². The van der Waals surface area contributed by atoms with Crippen molar-refractivity contribution in [3.8, 4) is 22.6 Å². The molecule has 1 aromatic carbocycles. The van der Waals surface area contributed by atoms with E-state index in [9.17, 15) is 9.59 Å². The van der Waals surface area contributed by atoms with Crippen LogP contribution in [0.3, 0.4) is 0 Å². The minimum atomic E-state index is -0.673. The fraction of sp³-hybridized carbons (Fsp3) is 0.304. The molecule has 0 radical (unpaired) electrons. The van der Waals surface area contributed by atoms with Gasteiger partial charge in [0.2, 0.25) is 11.9 Å². The van der Waals surface area contributed by atoms with E-state index < -0.39 is 11.4 Å². The number of ether oxygens (including phenoxy) is 3. The Balaban J connectivity index is 1.71. The average molecular weight is 469 g/mol. The van der Waals surface area contributed by atoms with Crippen LogP contribution in [0.2, 0.25) is 0 Å². The molecule has 0 spiro atoms. The van der Waals surface area contributed by atoms with Gasteiger partial charge in [-0.3, -0.25) is 14.2 Å². The van der Waals surface area contributed by atoms with Crippen LogP contribution in [0.1, 0.15) is 0 Å². The van der Waals surface area contributed by atoms with E-state index in [1.165, 1.54) is 49.3 Å². The van der Waals surface area contributed by atoms with Crippen molar-refractivity contribution >= 4 is 22.9 Å². The molecule has 0 aliphatic carbocycles. The number of carbonyl (C=O) groups is 1. The summed E-state index contributed by atoms with van der Waals surface area (Å²) < 4.78 is 32.1. The van der Waals surface area contributed by atoms with Gasteiger partial charge in [-0.1, -0.05) is 6.58 Å². The number of amides is 1. The van der Waals surface area contributed by atoms with Gasteiger partial charge in [0.05, 0.1) is 45.1 Å². The number of hydrogen-bond donors (Lipinski definition) is 2. The van der Waals surface area contributed by atoms with Crippen LogP contribution < -0.4 is 25.7 Å². The number of carbonyl (C=O) groups excluding carboxylic acids is 1. The number of aryl methyl sites for hydroxylation is 1. The summed E-state index contributed by atoms with van der Waals surface area (Å²) in [7, 11) is 4.33. The molecule has 1 fully saturated rings. The smallest absolute Gasteiger partial charge is 0.259 e. The molecule has 11 heteroatoms. The van der Waals surface area contributed by atoms with Gasteiger partial charge < -0.3 is 24.8 Å². The van der Waals surface area contributed by atoms with Crippen LogP contribution in [0.4, 0.5) is 10.3 Å². The van der Waals surface area contributed by atoms with Gasteiger partial charge in [0.1, 0.15) is 11.4 Å². The Morgan fingerprint density at radius 1 is 1.24 bits per heavy atom. The average Bonchev–Trinajstić information content (AvgIpc) is 3.28. The van der Waals surface area contributed by atoms with E-state index in [1.54, 1.807) is 7.05 Å². The quantitative estimate of drug-likeness (QED) is 0.502. The summed E-state index contributed by atoms with van der Waals surface area (Å²) in [5.41, 5.74) is 0.0639. The molecule has 4 rings (SSSR count). The predicted octanol–water partition coefficient (Wildman–Crippen LogP) is 1.63. The molecule has 2 atom stereocenters. The molecule has 34 heavy (non-hydrogen) atoms. The number of anilines is 1. The number of fused-ring (bicyclic) bond motifs is 1. The number of benzene rings is 1. The van der Waals surface area contributed by atoms with E-state index in [0.29, 0.717) is 30.0 Å². The van der Waals surface area contributed by atoms with Crippen molar-refractivity contribution in [3.05, 3.63) is 53.2 Å². The zero-order valence-corrected chi connectivity index (χ0v) is 18.9. The lowest BCUT2D eigenvalue weighted by atomic mass is 10.0. The molecule has 2 N–H and O–H groups in total. The highest BCUT2D eigenvalue weighted by Gasteiger charge is 2.30. The molecule has 1 aliphatic heterocycles. The number of nitrogens with zero attached hydrogens (tertiary/aromatic N) is 3. The molecule has 1 amide bonds. The number of aromatic nitrogens is 3. The number of rotatable bonds is 7. The fourth-order valence-electron chi connectivity index (χ4n) is 3.79. The van der Waals surface area contributed by atoms with Gasteiger partial charge in [0.15, 0.2) is 11.6 Å². The third-order valence-electron chi connectivity index (χ3n) is 5.62. The fourth-order valence-corrected chi connectivity index (χ4v) is 3.79. The van der Waals surface area contributed by atoms with Crippen LogP contribution in [-0.2, 0) is 16.6 Å². The number of nitrogens with one attached hydrogen (secondary N) is 2. The summed E-state index contributed by atoms with van der Waals surface area (Å²) in [6.07, 6.45) is 2.73. The Labute approximate surface area is 194 Å². The number of methoxy groups -OCH3 is 2. The normalized spacial score (nSPS) is 17.4. The molecule has 2 aromatic heterocycles. The van der Waals surface area contributed by atoms with Gasteiger partial charge in [0.25, 0.3) is 5.56 Å². The van der Waals surface area contributed by atoms with Crippen molar-refractivity contribution in [3.63, 3.8) is 0 Å². The predicted molar refractivity (Wildman–Crippen MR) is 124 cm³/mol. The van der Waals surface area contributed by atoms with E-state index in [-0.39, 0.29) is 40.8 Å².